The van der Waals surface area contributed by atoms with Crippen LogP contribution in [-0.2, 0) is 18.3 Å². The van der Waals surface area contributed by atoms with E-state index in [1.807, 2.05) is 25.1 Å². The van der Waals surface area contributed by atoms with E-state index < -0.39 is 5.56 Å². The summed E-state index contributed by atoms with van der Waals surface area (Å²) < 4.78 is 12.0. The van der Waals surface area contributed by atoms with Gasteiger partial charge in [0.25, 0.3) is 5.56 Å². The van der Waals surface area contributed by atoms with E-state index in [9.17, 15) is 9.59 Å². The number of benzene rings is 2. The van der Waals surface area contributed by atoms with Crippen molar-refractivity contribution >= 4 is 51.8 Å². The molecule has 190 valence electrons. The molecule has 0 bridgehead atoms. The molecule has 2 aromatic carbocycles. The molecule has 1 N–H and O–H groups in total. The smallest absolute Gasteiger partial charge is 0.278 e. The molecule has 11 heteroatoms. The van der Waals surface area contributed by atoms with Crippen LogP contribution in [0, 0.1) is 6.92 Å². The van der Waals surface area contributed by atoms with Crippen molar-refractivity contribution in [3.05, 3.63) is 74.6 Å². The van der Waals surface area contributed by atoms with Crippen molar-refractivity contribution < 1.29 is 14.3 Å². The summed E-state index contributed by atoms with van der Waals surface area (Å²) in [6.45, 7) is 5.45. The lowest BCUT2D eigenvalue weighted by molar-refractivity contribution is -0.114. The molecule has 0 unspecified atom stereocenters. The fraction of sp³-hybridized carbons (Fsp3) is 0.192. The summed E-state index contributed by atoms with van der Waals surface area (Å²) in [5.41, 5.74) is 2.69. The summed E-state index contributed by atoms with van der Waals surface area (Å²) in [6.07, 6.45) is 2.95. The van der Waals surface area contributed by atoms with Gasteiger partial charge in [-0.2, -0.15) is 4.98 Å². The Kier molecular flexibility index (Phi) is 7.47. The summed E-state index contributed by atoms with van der Waals surface area (Å²) in [5, 5.41) is 3.42. The van der Waals surface area contributed by atoms with Crippen LogP contribution in [0.25, 0.3) is 22.4 Å². The third-order valence-electron chi connectivity index (χ3n) is 5.81. The fourth-order valence-corrected chi connectivity index (χ4v) is 4.54. The highest BCUT2D eigenvalue weighted by Crippen LogP contribution is 2.44. The van der Waals surface area contributed by atoms with Crippen LogP contribution in [0.3, 0.4) is 0 Å². The number of carbonyl (C=O) groups is 1. The van der Waals surface area contributed by atoms with Gasteiger partial charge in [0.05, 0.1) is 36.0 Å². The summed E-state index contributed by atoms with van der Waals surface area (Å²) in [5.74, 6) is 0.680. The quantitative estimate of drug-likeness (QED) is 0.309. The van der Waals surface area contributed by atoms with Crippen LogP contribution in [0.4, 0.5) is 11.6 Å². The molecule has 2 aromatic heterocycles. The Labute approximate surface area is 222 Å². The largest absolute Gasteiger partial charge is 0.495 e. The van der Waals surface area contributed by atoms with Crippen molar-refractivity contribution in [3.8, 4) is 22.8 Å². The van der Waals surface area contributed by atoms with Crippen LogP contribution < -0.4 is 20.3 Å². The maximum absolute atomic E-state index is 13.4. The van der Waals surface area contributed by atoms with Gasteiger partial charge in [0.15, 0.2) is 11.4 Å². The monoisotopic (exact) mass is 539 g/mol. The standard InChI is InChI=1S/C26H23Cl2N5O4/c1-6-15(34)10-14-9-7-8-13(2)22(14)31-26-29-12-16-24(32-26)33(3)25(35)23(30-16)19-20(27)17(36-4)11-18(37-5)21(19)28/h6-9,11-12H,1,10H2,2-5H3,(H,29,31,32). The number of carbonyl (C=O) groups excluding carboxylic acids is 1. The van der Waals surface area contributed by atoms with E-state index in [1.54, 1.807) is 7.05 Å². The highest BCUT2D eigenvalue weighted by atomic mass is 35.5. The number of nitrogens with zero attached hydrogens (tertiary/aromatic N) is 4. The molecule has 0 spiro atoms. The first-order valence-corrected chi connectivity index (χ1v) is 11.8. The van der Waals surface area contributed by atoms with Gasteiger partial charge in [-0.05, 0) is 24.1 Å². The number of aryl methyl sites for hydroxylation is 2. The van der Waals surface area contributed by atoms with E-state index in [1.165, 1.54) is 37.1 Å². The number of allylic oxidation sites excluding steroid dienone is 1. The van der Waals surface area contributed by atoms with Gasteiger partial charge in [-0.3, -0.25) is 14.2 Å². The highest BCUT2D eigenvalue weighted by Gasteiger charge is 2.24. The first-order chi connectivity index (χ1) is 17.7. The summed E-state index contributed by atoms with van der Waals surface area (Å²) in [6, 6.07) is 7.15. The van der Waals surface area contributed by atoms with Crippen molar-refractivity contribution in [1.82, 2.24) is 19.5 Å². The number of fused-ring (bicyclic) bond motifs is 1. The van der Waals surface area contributed by atoms with Gasteiger partial charge in [0.1, 0.15) is 22.7 Å². The number of methoxy groups -OCH3 is 2. The number of hydrogen-bond donors (Lipinski definition) is 1. The van der Waals surface area contributed by atoms with E-state index in [-0.39, 0.29) is 56.6 Å². The summed E-state index contributed by atoms with van der Waals surface area (Å²) in [4.78, 5) is 38.8. The SMILES string of the molecule is C=CC(=O)Cc1cccc(C)c1Nc1ncc2nc(-c3c(Cl)c(OC)cc(OC)c3Cl)c(=O)n(C)c2n1. The normalized spacial score (nSPS) is 10.9. The number of anilines is 2. The number of para-hydroxylation sites is 1. The van der Waals surface area contributed by atoms with E-state index in [0.717, 1.165) is 11.1 Å². The number of halogens is 2. The maximum Gasteiger partial charge on any atom is 0.278 e. The molecule has 9 nitrogen and oxygen atoms in total. The third kappa shape index (κ3) is 4.87. The zero-order chi connectivity index (χ0) is 26.9. The summed E-state index contributed by atoms with van der Waals surface area (Å²) >= 11 is 13.0. The maximum atomic E-state index is 13.4. The van der Waals surface area contributed by atoms with Crippen LogP contribution in [0.15, 0.2) is 47.9 Å². The molecule has 0 saturated heterocycles. The predicted octanol–water partition coefficient (Wildman–Crippen LogP) is 5.06. The van der Waals surface area contributed by atoms with Gasteiger partial charge in [0, 0.05) is 25.2 Å². The Balaban J connectivity index is 1.84. The molecule has 37 heavy (non-hydrogen) atoms. The number of rotatable bonds is 8. The zero-order valence-electron chi connectivity index (χ0n) is 20.6. The molecule has 0 aliphatic rings. The number of nitrogens with one attached hydrogen (secondary N) is 1. The highest BCUT2D eigenvalue weighted by molar-refractivity contribution is 6.41. The van der Waals surface area contributed by atoms with Crippen molar-refractivity contribution in [1.29, 1.82) is 0 Å². The molecule has 4 aromatic rings. The Bertz CT molecular complexity index is 1590. The van der Waals surface area contributed by atoms with E-state index in [4.69, 9.17) is 32.7 Å². The lowest BCUT2D eigenvalue weighted by Crippen LogP contribution is -2.22. The minimum Gasteiger partial charge on any atom is -0.495 e. The molecule has 0 radical (unpaired) electrons. The van der Waals surface area contributed by atoms with E-state index >= 15 is 0 Å². The molecular weight excluding hydrogens is 517 g/mol. The van der Waals surface area contributed by atoms with Crippen LogP contribution in [0.1, 0.15) is 11.1 Å². The molecule has 2 heterocycles. The Morgan fingerprint density at radius 1 is 1.16 bits per heavy atom. The van der Waals surface area contributed by atoms with Gasteiger partial charge >= 0.3 is 0 Å². The average Bonchev–Trinajstić information content (AvgIpc) is 2.89. The van der Waals surface area contributed by atoms with Crippen LogP contribution >= 0.6 is 23.2 Å². The van der Waals surface area contributed by atoms with E-state index in [2.05, 4.69) is 26.8 Å². The van der Waals surface area contributed by atoms with Crippen LogP contribution in [-0.4, -0.2) is 39.5 Å². The minimum absolute atomic E-state index is 0.00404. The molecule has 0 atom stereocenters. The fourth-order valence-electron chi connectivity index (χ4n) is 3.86. The molecule has 0 amide bonds. The average molecular weight is 540 g/mol. The molecule has 4 rings (SSSR count). The van der Waals surface area contributed by atoms with Gasteiger partial charge in [-0.1, -0.05) is 48.0 Å². The van der Waals surface area contributed by atoms with Crippen molar-refractivity contribution in [2.75, 3.05) is 19.5 Å². The Hall–Kier alpha value is -3.95. The third-order valence-corrected chi connectivity index (χ3v) is 6.56. The van der Waals surface area contributed by atoms with Crippen molar-refractivity contribution in [3.63, 3.8) is 0 Å². The van der Waals surface area contributed by atoms with Crippen LogP contribution in [0.5, 0.6) is 11.5 Å². The molecular formula is C26H23Cl2N5O4. The van der Waals surface area contributed by atoms with Gasteiger partial charge in [0.2, 0.25) is 5.95 Å². The number of ketones is 1. The molecule has 0 fully saturated rings. The number of ether oxygens (including phenoxy) is 2. The lowest BCUT2D eigenvalue weighted by atomic mass is 10.0. The van der Waals surface area contributed by atoms with Gasteiger partial charge in [-0.15, -0.1) is 0 Å². The topological polar surface area (TPSA) is 108 Å². The summed E-state index contributed by atoms with van der Waals surface area (Å²) in [7, 11) is 4.45. The Morgan fingerprint density at radius 2 is 1.84 bits per heavy atom. The molecule has 0 aliphatic carbocycles. The first kappa shape index (κ1) is 26.1. The second kappa shape index (κ2) is 10.6. The Morgan fingerprint density at radius 3 is 2.46 bits per heavy atom. The molecule has 0 aliphatic heterocycles. The minimum atomic E-state index is -0.482. The number of aromatic nitrogens is 4. The van der Waals surface area contributed by atoms with Gasteiger partial charge < -0.3 is 14.8 Å². The predicted molar refractivity (Wildman–Crippen MR) is 145 cm³/mol. The van der Waals surface area contributed by atoms with Gasteiger partial charge in [-0.25, -0.2) is 9.97 Å². The van der Waals surface area contributed by atoms with E-state index in [0.29, 0.717) is 11.2 Å². The van der Waals surface area contributed by atoms with Crippen molar-refractivity contribution in [2.24, 2.45) is 7.05 Å². The second-order valence-electron chi connectivity index (χ2n) is 8.09. The molecule has 0 saturated carbocycles. The second-order valence-corrected chi connectivity index (χ2v) is 8.85. The lowest BCUT2D eigenvalue weighted by Gasteiger charge is -2.16. The zero-order valence-corrected chi connectivity index (χ0v) is 22.1. The number of hydrogen-bond acceptors (Lipinski definition) is 8. The first-order valence-electron chi connectivity index (χ1n) is 11.0. The van der Waals surface area contributed by atoms with Crippen molar-refractivity contribution in [2.45, 2.75) is 13.3 Å². The van der Waals surface area contributed by atoms with Crippen LogP contribution in [0.2, 0.25) is 10.0 Å².